The number of carbonyl (C=O) groups is 2. The van der Waals surface area contributed by atoms with Crippen molar-refractivity contribution < 1.29 is 27.3 Å². The summed E-state index contributed by atoms with van der Waals surface area (Å²) >= 11 is -2.44. The second-order valence-electron chi connectivity index (χ2n) is 4.32. The van der Waals surface area contributed by atoms with Gasteiger partial charge in [0, 0.05) is 5.57 Å². The van der Waals surface area contributed by atoms with Gasteiger partial charge in [-0.15, -0.1) is 0 Å². The van der Waals surface area contributed by atoms with Crippen LogP contribution in [0.25, 0.3) is 0 Å². The maximum Gasteiger partial charge on any atom is 0.333 e. The molecule has 20 heavy (non-hydrogen) atoms. The van der Waals surface area contributed by atoms with Crippen molar-refractivity contribution in [3.8, 4) is 0 Å². The van der Waals surface area contributed by atoms with Gasteiger partial charge in [0.15, 0.2) is 0 Å². The first-order valence-electron chi connectivity index (χ1n) is 5.68. The van der Waals surface area contributed by atoms with Gasteiger partial charge in [-0.3, -0.25) is 13.5 Å². The molecule has 8 heteroatoms. The second kappa shape index (κ2) is 8.62. The molecule has 0 aliphatic carbocycles. The van der Waals surface area contributed by atoms with E-state index in [4.69, 9.17) is 4.55 Å². The van der Waals surface area contributed by atoms with E-state index in [0.717, 1.165) is 6.08 Å². The van der Waals surface area contributed by atoms with Gasteiger partial charge in [-0.1, -0.05) is 12.7 Å². The summed E-state index contributed by atoms with van der Waals surface area (Å²) in [5, 5.41) is 2.59. The van der Waals surface area contributed by atoms with E-state index in [-0.39, 0.29) is 13.0 Å². The van der Waals surface area contributed by atoms with E-state index < -0.39 is 28.8 Å². The minimum Gasteiger partial charge on any atom is -0.466 e. The van der Waals surface area contributed by atoms with Crippen molar-refractivity contribution in [2.75, 3.05) is 13.7 Å². The van der Waals surface area contributed by atoms with Gasteiger partial charge in [-0.2, -0.15) is 4.21 Å². The summed E-state index contributed by atoms with van der Waals surface area (Å²) in [6.45, 7) is 6.29. The Kier molecular flexibility index (Phi) is 7.97. The molecule has 0 saturated carbocycles. The Labute approximate surface area is 120 Å². The maximum atomic E-state index is 11.4. The van der Waals surface area contributed by atoms with E-state index in [9.17, 15) is 13.8 Å². The summed E-state index contributed by atoms with van der Waals surface area (Å²) in [5.41, 5.74) is -0.601. The molecule has 1 amide bonds. The monoisotopic (exact) mass is 305 g/mol. The number of esters is 1. The number of carbonyl (C=O) groups excluding carboxylic acids is 2. The van der Waals surface area contributed by atoms with Crippen LogP contribution in [-0.4, -0.2) is 39.9 Å². The van der Waals surface area contributed by atoms with Crippen molar-refractivity contribution in [2.45, 2.75) is 25.8 Å². The maximum absolute atomic E-state index is 11.4. The third-order valence-corrected chi connectivity index (χ3v) is 2.77. The Bertz CT molecular complexity index is 434. The van der Waals surface area contributed by atoms with Crippen LogP contribution in [0.3, 0.4) is 0 Å². The lowest BCUT2D eigenvalue weighted by molar-refractivity contribution is -0.136. The molecule has 7 nitrogen and oxygen atoms in total. The molecule has 0 aromatic rings. The highest BCUT2D eigenvalue weighted by atomic mass is 32.2. The largest absolute Gasteiger partial charge is 0.466 e. The number of hydrogen-bond donors (Lipinski definition) is 2. The molecule has 0 fully saturated rings. The first-order chi connectivity index (χ1) is 9.24. The highest BCUT2D eigenvalue weighted by molar-refractivity contribution is 7.74. The standard InChI is InChI=1S/C12H19NO6S/c1-5-10(14)13-12(3,8-19-20(16)17)7-6-9(2)11(15)18-4/h5-6H,1,7-8H2,2-4H3,(H,13,14)(H,16,17). The van der Waals surface area contributed by atoms with E-state index in [1.807, 2.05) is 0 Å². The van der Waals surface area contributed by atoms with Gasteiger partial charge in [-0.05, 0) is 26.3 Å². The minimum absolute atomic E-state index is 0.208. The first-order valence-corrected chi connectivity index (χ1v) is 6.71. The molecule has 2 N–H and O–H groups in total. The van der Waals surface area contributed by atoms with Crippen LogP contribution in [-0.2, 0) is 29.9 Å². The van der Waals surface area contributed by atoms with E-state index in [0.29, 0.717) is 5.57 Å². The normalized spacial score (nSPS) is 15.9. The van der Waals surface area contributed by atoms with Crippen LogP contribution in [0.1, 0.15) is 20.3 Å². The summed E-state index contributed by atoms with van der Waals surface area (Å²) in [6, 6.07) is 0. The molecule has 0 spiro atoms. The lowest BCUT2D eigenvalue weighted by Gasteiger charge is -2.28. The van der Waals surface area contributed by atoms with Crippen molar-refractivity contribution >= 4 is 23.2 Å². The molecule has 0 saturated heterocycles. The van der Waals surface area contributed by atoms with Gasteiger partial charge in [0.05, 0.1) is 19.3 Å². The highest BCUT2D eigenvalue weighted by Crippen LogP contribution is 2.14. The molecule has 114 valence electrons. The summed E-state index contributed by atoms with van der Waals surface area (Å²) in [6.07, 6.45) is 2.84. The SMILES string of the molecule is C=CC(=O)NC(C)(CC=C(C)C(=O)OC)COS(=O)O. The van der Waals surface area contributed by atoms with Gasteiger partial charge in [-0.25, -0.2) is 4.79 Å². The predicted octanol–water partition coefficient (Wildman–Crippen LogP) is 0.710. The van der Waals surface area contributed by atoms with Gasteiger partial charge in [0.25, 0.3) is 0 Å². The molecule has 2 unspecified atom stereocenters. The number of methoxy groups -OCH3 is 1. The molecule has 0 aromatic heterocycles. The molecule has 0 aromatic carbocycles. The van der Waals surface area contributed by atoms with Crippen molar-refractivity contribution in [1.29, 1.82) is 0 Å². The van der Waals surface area contributed by atoms with Crippen molar-refractivity contribution in [3.05, 3.63) is 24.3 Å². The van der Waals surface area contributed by atoms with Crippen molar-refractivity contribution in [1.82, 2.24) is 5.32 Å². The molecular weight excluding hydrogens is 286 g/mol. The van der Waals surface area contributed by atoms with Gasteiger partial charge in [0.2, 0.25) is 5.91 Å². The number of rotatable bonds is 8. The van der Waals surface area contributed by atoms with Crippen molar-refractivity contribution in [2.24, 2.45) is 0 Å². The van der Waals surface area contributed by atoms with Crippen LogP contribution in [0.2, 0.25) is 0 Å². The average molecular weight is 305 g/mol. The molecular formula is C12H19NO6S. The molecule has 0 bridgehead atoms. The van der Waals surface area contributed by atoms with Crippen molar-refractivity contribution in [3.63, 3.8) is 0 Å². The van der Waals surface area contributed by atoms with Crippen LogP contribution in [0.4, 0.5) is 0 Å². The first kappa shape index (κ1) is 18.5. The smallest absolute Gasteiger partial charge is 0.333 e. The predicted molar refractivity (Wildman–Crippen MR) is 73.9 cm³/mol. The zero-order chi connectivity index (χ0) is 15.8. The summed E-state index contributed by atoms with van der Waals surface area (Å²) < 4.78 is 28.4. The summed E-state index contributed by atoms with van der Waals surface area (Å²) in [5.74, 6) is -0.946. The second-order valence-corrected chi connectivity index (χ2v) is 4.99. The Balaban J connectivity index is 4.92. The zero-order valence-corrected chi connectivity index (χ0v) is 12.5. The minimum atomic E-state index is -2.44. The topological polar surface area (TPSA) is 102 Å². The quantitative estimate of drug-likeness (QED) is 0.389. The zero-order valence-electron chi connectivity index (χ0n) is 11.7. The summed E-state index contributed by atoms with van der Waals surface area (Å²) in [4.78, 5) is 22.6. The van der Waals surface area contributed by atoms with Gasteiger partial charge < -0.3 is 10.1 Å². The average Bonchev–Trinajstić information content (AvgIpc) is 2.41. The van der Waals surface area contributed by atoms with E-state index in [1.165, 1.54) is 7.11 Å². The number of hydrogen-bond acceptors (Lipinski definition) is 5. The molecule has 0 radical (unpaired) electrons. The third-order valence-electron chi connectivity index (χ3n) is 2.45. The fourth-order valence-electron chi connectivity index (χ4n) is 1.30. The Morgan fingerprint density at radius 2 is 2.10 bits per heavy atom. The number of ether oxygens (including phenoxy) is 1. The van der Waals surface area contributed by atoms with Crippen LogP contribution >= 0.6 is 0 Å². The lowest BCUT2D eigenvalue weighted by Crippen LogP contribution is -2.48. The van der Waals surface area contributed by atoms with Crippen LogP contribution < -0.4 is 5.32 Å². The highest BCUT2D eigenvalue weighted by Gasteiger charge is 2.26. The number of nitrogens with one attached hydrogen (secondary N) is 1. The van der Waals surface area contributed by atoms with E-state index in [1.54, 1.807) is 19.9 Å². The fourth-order valence-corrected chi connectivity index (χ4v) is 1.66. The van der Waals surface area contributed by atoms with Crippen LogP contribution in [0.5, 0.6) is 0 Å². The van der Waals surface area contributed by atoms with Gasteiger partial charge >= 0.3 is 17.3 Å². The number of amides is 1. The Morgan fingerprint density at radius 1 is 1.50 bits per heavy atom. The van der Waals surface area contributed by atoms with E-state index in [2.05, 4.69) is 20.8 Å². The van der Waals surface area contributed by atoms with Crippen LogP contribution in [0, 0.1) is 0 Å². The molecule has 2 atom stereocenters. The van der Waals surface area contributed by atoms with Gasteiger partial charge in [0.1, 0.15) is 0 Å². The molecule has 0 aliphatic rings. The third kappa shape index (κ3) is 7.17. The lowest BCUT2D eigenvalue weighted by atomic mass is 9.97. The summed E-state index contributed by atoms with van der Waals surface area (Å²) in [7, 11) is 1.26. The molecule has 0 heterocycles. The Hall–Kier alpha value is -1.51. The van der Waals surface area contributed by atoms with E-state index >= 15 is 0 Å². The molecule has 0 aliphatic heterocycles. The van der Waals surface area contributed by atoms with Crippen LogP contribution in [0.15, 0.2) is 24.3 Å². The molecule has 0 rings (SSSR count). The Morgan fingerprint density at radius 3 is 2.55 bits per heavy atom. The fraction of sp³-hybridized carbons (Fsp3) is 0.500.